The number of fused-ring (bicyclic) bond motifs is 1. The molecule has 0 radical (unpaired) electrons. The highest BCUT2D eigenvalue weighted by molar-refractivity contribution is 6.02. The Morgan fingerprint density at radius 1 is 1.27 bits per heavy atom. The Bertz CT molecular complexity index is 897. The molecule has 6 nitrogen and oxygen atoms in total. The molecule has 4 rings (SSSR count). The van der Waals surface area contributed by atoms with Crippen LogP contribution in [0.3, 0.4) is 0 Å². The Balaban J connectivity index is 1.66. The van der Waals surface area contributed by atoms with E-state index in [4.69, 9.17) is 4.42 Å². The molecule has 2 aromatic heterocycles. The van der Waals surface area contributed by atoms with Gasteiger partial charge in [-0.25, -0.2) is 0 Å². The summed E-state index contributed by atoms with van der Waals surface area (Å²) in [6.07, 6.45) is 5.41. The van der Waals surface area contributed by atoms with Crippen LogP contribution in [0.1, 0.15) is 70.7 Å². The summed E-state index contributed by atoms with van der Waals surface area (Å²) < 4.78 is 5.41. The molecule has 1 aliphatic heterocycles. The maximum atomic E-state index is 12.9. The Morgan fingerprint density at radius 3 is 2.85 bits per heavy atom. The highest BCUT2D eigenvalue weighted by atomic mass is 16.3. The van der Waals surface area contributed by atoms with Crippen molar-refractivity contribution in [3.8, 4) is 0 Å². The zero-order valence-corrected chi connectivity index (χ0v) is 14.8. The van der Waals surface area contributed by atoms with Gasteiger partial charge >= 0.3 is 0 Å². The number of rotatable bonds is 2. The number of H-pyrrole nitrogens is 1. The van der Waals surface area contributed by atoms with Gasteiger partial charge in [0.05, 0.1) is 6.26 Å². The molecular weight excluding hydrogens is 332 g/mol. The summed E-state index contributed by atoms with van der Waals surface area (Å²) in [5.41, 5.74) is 0.707. The van der Waals surface area contributed by atoms with Crippen LogP contribution in [-0.2, 0) is 6.42 Å². The number of carbonyl (C=O) groups is 2. The van der Waals surface area contributed by atoms with Crippen molar-refractivity contribution < 1.29 is 14.0 Å². The van der Waals surface area contributed by atoms with Gasteiger partial charge in [0.2, 0.25) is 0 Å². The quantitative estimate of drug-likeness (QED) is 0.899. The lowest BCUT2D eigenvalue weighted by Crippen LogP contribution is -2.44. The number of likely N-dealkylation sites (tertiary alicyclic amines) is 1. The Hall–Kier alpha value is -2.63. The average Bonchev–Trinajstić information content (AvgIpc) is 3.15. The maximum Gasteiger partial charge on any atom is 0.261 e. The minimum absolute atomic E-state index is 0.0651. The summed E-state index contributed by atoms with van der Waals surface area (Å²) in [6, 6.07) is 5.25. The third-order valence-corrected chi connectivity index (χ3v) is 5.55. The number of nitrogens with zero attached hydrogens (tertiary/aromatic N) is 1. The van der Waals surface area contributed by atoms with Crippen LogP contribution in [0.2, 0.25) is 0 Å². The van der Waals surface area contributed by atoms with Crippen molar-refractivity contribution in [3.63, 3.8) is 0 Å². The largest absolute Gasteiger partial charge is 0.469 e. The predicted molar refractivity (Wildman–Crippen MR) is 95.5 cm³/mol. The van der Waals surface area contributed by atoms with E-state index in [1.807, 2.05) is 13.0 Å². The van der Waals surface area contributed by atoms with Crippen molar-refractivity contribution in [2.75, 3.05) is 6.54 Å². The highest BCUT2D eigenvalue weighted by Gasteiger charge is 2.32. The summed E-state index contributed by atoms with van der Waals surface area (Å²) in [6.45, 7) is 2.66. The third kappa shape index (κ3) is 2.89. The van der Waals surface area contributed by atoms with Crippen LogP contribution in [0.4, 0.5) is 0 Å². The fourth-order valence-electron chi connectivity index (χ4n) is 4.07. The van der Waals surface area contributed by atoms with Crippen LogP contribution in [-0.4, -0.2) is 34.2 Å². The number of furan rings is 1. The van der Waals surface area contributed by atoms with Gasteiger partial charge in [-0.3, -0.25) is 14.4 Å². The number of Topliss-reactive ketones (excluding diaryl/α,β-unsaturated/α-hetero) is 1. The number of hydrogen-bond acceptors (Lipinski definition) is 4. The standard InChI is InChI=1S/C20H22N2O4/c1-12-5-2-3-7-22(12)20(25)15-11-14-16(21-19(15)24)9-13(10-17(14)23)18-6-4-8-26-18/h4,6,8,11-13H,2-3,5,7,9-10H2,1H3,(H,21,24). The van der Waals surface area contributed by atoms with E-state index < -0.39 is 5.56 Å². The van der Waals surface area contributed by atoms with Crippen molar-refractivity contribution in [1.82, 2.24) is 9.88 Å². The first-order valence-corrected chi connectivity index (χ1v) is 9.18. The molecular formula is C20H22N2O4. The second-order valence-corrected chi connectivity index (χ2v) is 7.29. The lowest BCUT2D eigenvalue weighted by atomic mass is 9.84. The maximum absolute atomic E-state index is 12.9. The van der Waals surface area contributed by atoms with Crippen molar-refractivity contribution in [1.29, 1.82) is 0 Å². The molecule has 0 spiro atoms. The minimum atomic E-state index is -0.417. The lowest BCUT2D eigenvalue weighted by molar-refractivity contribution is 0.0633. The molecule has 1 aliphatic carbocycles. The first kappa shape index (κ1) is 16.8. The van der Waals surface area contributed by atoms with E-state index in [0.717, 1.165) is 25.0 Å². The Kier molecular flexibility index (Phi) is 4.26. The number of aromatic amines is 1. The van der Waals surface area contributed by atoms with Gasteiger partial charge in [0.25, 0.3) is 11.5 Å². The number of hydrogen-bond donors (Lipinski definition) is 1. The first-order chi connectivity index (χ1) is 12.5. The smallest absolute Gasteiger partial charge is 0.261 e. The number of amides is 1. The van der Waals surface area contributed by atoms with E-state index in [0.29, 0.717) is 30.6 Å². The average molecular weight is 354 g/mol. The van der Waals surface area contributed by atoms with Gasteiger partial charge in [-0.1, -0.05) is 0 Å². The Labute approximate surface area is 151 Å². The van der Waals surface area contributed by atoms with Crippen LogP contribution >= 0.6 is 0 Å². The van der Waals surface area contributed by atoms with Crippen molar-refractivity contribution in [2.24, 2.45) is 0 Å². The van der Waals surface area contributed by atoms with Crippen LogP contribution < -0.4 is 5.56 Å². The highest BCUT2D eigenvalue weighted by Crippen LogP contribution is 2.32. The van der Waals surface area contributed by atoms with E-state index in [2.05, 4.69) is 4.98 Å². The number of pyridine rings is 1. The van der Waals surface area contributed by atoms with Crippen molar-refractivity contribution >= 4 is 11.7 Å². The number of nitrogens with one attached hydrogen (secondary N) is 1. The normalized spacial score (nSPS) is 23.0. The fourth-order valence-corrected chi connectivity index (χ4v) is 4.07. The minimum Gasteiger partial charge on any atom is -0.469 e. The molecule has 1 amide bonds. The summed E-state index contributed by atoms with van der Waals surface area (Å²) in [4.78, 5) is 42.6. The molecule has 2 unspecified atom stereocenters. The van der Waals surface area contributed by atoms with Gasteiger partial charge in [-0.2, -0.15) is 0 Å². The summed E-state index contributed by atoms with van der Waals surface area (Å²) in [5, 5.41) is 0. The summed E-state index contributed by atoms with van der Waals surface area (Å²) in [5.74, 6) is 0.323. The summed E-state index contributed by atoms with van der Waals surface area (Å²) in [7, 11) is 0. The first-order valence-electron chi connectivity index (χ1n) is 9.18. The van der Waals surface area contributed by atoms with Crippen LogP contribution in [0, 0.1) is 0 Å². The van der Waals surface area contributed by atoms with Crippen LogP contribution in [0.5, 0.6) is 0 Å². The number of ketones is 1. The van der Waals surface area contributed by atoms with Crippen molar-refractivity contribution in [3.05, 3.63) is 57.4 Å². The SMILES string of the molecule is CC1CCCCN1C(=O)c1cc2c([nH]c1=O)CC(c1ccco1)CC2=O. The van der Waals surface area contributed by atoms with Gasteiger partial charge < -0.3 is 14.3 Å². The Morgan fingerprint density at radius 2 is 2.12 bits per heavy atom. The fraction of sp³-hybridized carbons (Fsp3) is 0.450. The van der Waals surface area contributed by atoms with Crippen LogP contribution in [0.15, 0.2) is 33.7 Å². The monoisotopic (exact) mass is 354 g/mol. The molecule has 0 saturated carbocycles. The molecule has 0 bridgehead atoms. The van der Waals surface area contributed by atoms with Gasteiger partial charge in [0.15, 0.2) is 5.78 Å². The van der Waals surface area contributed by atoms with Gasteiger partial charge in [0, 0.05) is 36.2 Å². The topological polar surface area (TPSA) is 83.4 Å². The number of aromatic nitrogens is 1. The molecule has 136 valence electrons. The number of carbonyl (C=O) groups excluding carboxylic acids is 2. The van der Waals surface area contributed by atoms with E-state index in [1.165, 1.54) is 6.07 Å². The molecule has 1 saturated heterocycles. The van der Waals surface area contributed by atoms with E-state index in [-0.39, 0.29) is 29.2 Å². The predicted octanol–water partition coefficient (Wildman–Crippen LogP) is 2.90. The molecule has 0 aromatic carbocycles. The van der Waals surface area contributed by atoms with Crippen molar-refractivity contribution in [2.45, 2.75) is 51.0 Å². The second kappa shape index (κ2) is 6.59. The summed E-state index contributed by atoms with van der Waals surface area (Å²) >= 11 is 0. The molecule has 2 aliphatic rings. The van der Waals surface area contributed by atoms with Gasteiger partial charge in [-0.05, 0) is 50.8 Å². The molecule has 6 heteroatoms. The molecule has 2 atom stereocenters. The number of piperidine rings is 1. The second-order valence-electron chi connectivity index (χ2n) is 7.29. The third-order valence-electron chi connectivity index (χ3n) is 5.55. The lowest BCUT2D eigenvalue weighted by Gasteiger charge is -2.33. The van der Waals surface area contributed by atoms with Crippen LogP contribution in [0.25, 0.3) is 0 Å². The van der Waals surface area contributed by atoms with E-state index in [9.17, 15) is 14.4 Å². The molecule has 1 fully saturated rings. The zero-order chi connectivity index (χ0) is 18.3. The van der Waals surface area contributed by atoms with E-state index in [1.54, 1.807) is 17.2 Å². The van der Waals surface area contributed by atoms with Gasteiger partial charge in [0.1, 0.15) is 11.3 Å². The zero-order valence-electron chi connectivity index (χ0n) is 14.8. The van der Waals surface area contributed by atoms with Gasteiger partial charge in [-0.15, -0.1) is 0 Å². The van der Waals surface area contributed by atoms with E-state index >= 15 is 0 Å². The molecule has 1 N–H and O–H groups in total. The molecule has 3 heterocycles. The molecule has 2 aromatic rings. The molecule has 26 heavy (non-hydrogen) atoms.